The first-order chi connectivity index (χ1) is 15.8. The Balaban J connectivity index is 1.39. The highest BCUT2D eigenvalue weighted by molar-refractivity contribution is 6.40. The number of halogens is 1. The molecule has 2 heterocycles. The molecule has 2 aromatic carbocycles. The van der Waals surface area contributed by atoms with Crippen molar-refractivity contribution in [3.63, 3.8) is 0 Å². The molecule has 0 aliphatic carbocycles. The minimum Gasteiger partial charge on any atom is -0.348 e. The zero-order valence-electron chi connectivity index (χ0n) is 18.8. The van der Waals surface area contributed by atoms with Crippen LogP contribution in [0.3, 0.4) is 0 Å². The van der Waals surface area contributed by atoms with E-state index in [1.165, 1.54) is 17.1 Å². The molecule has 33 heavy (non-hydrogen) atoms. The summed E-state index contributed by atoms with van der Waals surface area (Å²) in [6.07, 6.45) is 1.64. The largest absolute Gasteiger partial charge is 0.348 e. The monoisotopic (exact) mass is 450 g/mol. The zero-order chi connectivity index (χ0) is 23.5. The van der Waals surface area contributed by atoms with Crippen LogP contribution in [0.2, 0.25) is 0 Å². The number of amides is 3. The summed E-state index contributed by atoms with van der Waals surface area (Å²) in [5.74, 6) is -1.30. The van der Waals surface area contributed by atoms with Crippen LogP contribution in [-0.4, -0.2) is 47.5 Å². The van der Waals surface area contributed by atoms with Crippen LogP contribution in [-0.2, 0) is 9.59 Å². The van der Waals surface area contributed by atoms with E-state index in [1.54, 1.807) is 17.0 Å². The quantitative estimate of drug-likeness (QED) is 0.776. The van der Waals surface area contributed by atoms with Crippen molar-refractivity contribution in [2.24, 2.45) is 5.10 Å². The summed E-state index contributed by atoms with van der Waals surface area (Å²) in [5.41, 5.74) is 2.98. The maximum absolute atomic E-state index is 13.9. The van der Waals surface area contributed by atoms with Gasteiger partial charge in [0.1, 0.15) is 11.5 Å². The molecule has 0 radical (unpaired) electrons. The fourth-order valence-corrected chi connectivity index (χ4v) is 4.15. The van der Waals surface area contributed by atoms with Gasteiger partial charge in [-0.15, -0.1) is 0 Å². The number of hydrogen-bond donors (Lipinski definition) is 1. The Hall–Kier alpha value is -3.55. The van der Waals surface area contributed by atoms with Crippen LogP contribution in [0.1, 0.15) is 47.2 Å². The Morgan fingerprint density at radius 1 is 1.06 bits per heavy atom. The van der Waals surface area contributed by atoms with E-state index in [9.17, 15) is 18.8 Å². The molecule has 4 rings (SSSR count). The summed E-state index contributed by atoms with van der Waals surface area (Å²) in [7, 11) is 0. The minimum absolute atomic E-state index is 0.0627. The summed E-state index contributed by atoms with van der Waals surface area (Å²) >= 11 is 0. The van der Waals surface area contributed by atoms with Crippen molar-refractivity contribution in [3.05, 3.63) is 65.0 Å². The Labute approximate surface area is 192 Å². The molecule has 8 heteroatoms. The minimum atomic E-state index is -0.531. The second-order valence-electron chi connectivity index (χ2n) is 8.56. The van der Waals surface area contributed by atoms with E-state index in [1.807, 2.05) is 32.0 Å². The number of nitrogens with zero attached hydrogens (tertiary/aromatic N) is 3. The fraction of sp³-hybridized carbons (Fsp3) is 0.360. The molecular formula is C25H27FN4O3. The van der Waals surface area contributed by atoms with Gasteiger partial charge in [0.25, 0.3) is 11.8 Å². The molecule has 1 fully saturated rings. The number of nitrogens with one attached hydrogen (secondary N) is 1. The van der Waals surface area contributed by atoms with Crippen LogP contribution >= 0.6 is 0 Å². The summed E-state index contributed by atoms with van der Waals surface area (Å²) < 4.78 is 13.9. The maximum Gasteiger partial charge on any atom is 0.267 e. The highest BCUT2D eigenvalue weighted by Gasteiger charge is 2.30. The van der Waals surface area contributed by atoms with Gasteiger partial charge in [0, 0.05) is 32.0 Å². The smallest absolute Gasteiger partial charge is 0.267 e. The van der Waals surface area contributed by atoms with Crippen molar-refractivity contribution < 1.29 is 18.8 Å². The molecule has 1 N–H and O–H groups in total. The van der Waals surface area contributed by atoms with Gasteiger partial charge in [0.15, 0.2) is 0 Å². The molecule has 0 unspecified atom stereocenters. The number of carbonyl (C=O) groups is 3. The average Bonchev–Trinajstić information content (AvgIpc) is 2.81. The van der Waals surface area contributed by atoms with Crippen molar-refractivity contribution in [2.75, 3.05) is 18.1 Å². The first-order valence-electron chi connectivity index (χ1n) is 11.2. The number of likely N-dealkylation sites (tertiary alicyclic amines) is 1. The molecule has 0 bridgehead atoms. The Bertz CT molecular complexity index is 1120. The lowest BCUT2D eigenvalue weighted by molar-refractivity contribution is -0.119. The molecule has 2 aliphatic rings. The number of carbonyl (C=O) groups excluding carboxylic acids is 3. The maximum atomic E-state index is 13.9. The predicted octanol–water partition coefficient (Wildman–Crippen LogP) is 3.35. The molecule has 0 atom stereocenters. The van der Waals surface area contributed by atoms with Crippen molar-refractivity contribution in [1.29, 1.82) is 0 Å². The van der Waals surface area contributed by atoms with E-state index in [0.717, 1.165) is 11.1 Å². The Morgan fingerprint density at radius 2 is 1.79 bits per heavy atom. The topological polar surface area (TPSA) is 82.1 Å². The van der Waals surface area contributed by atoms with Crippen LogP contribution < -0.4 is 10.3 Å². The van der Waals surface area contributed by atoms with E-state index < -0.39 is 5.82 Å². The van der Waals surface area contributed by atoms with Crippen LogP contribution in [0.5, 0.6) is 0 Å². The molecule has 3 amide bonds. The molecule has 0 saturated carbocycles. The van der Waals surface area contributed by atoms with E-state index in [-0.39, 0.29) is 42.2 Å². The number of rotatable bonds is 4. The lowest BCUT2D eigenvalue weighted by Gasteiger charge is -2.33. The van der Waals surface area contributed by atoms with E-state index in [0.29, 0.717) is 37.3 Å². The van der Waals surface area contributed by atoms with E-state index >= 15 is 0 Å². The molecule has 2 aromatic rings. The van der Waals surface area contributed by atoms with Gasteiger partial charge in [-0.1, -0.05) is 24.3 Å². The summed E-state index contributed by atoms with van der Waals surface area (Å²) in [6, 6.07) is 11.6. The number of benzene rings is 2. The fourth-order valence-electron chi connectivity index (χ4n) is 4.15. The van der Waals surface area contributed by atoms with Crippen LogP contribution in [0.15, 0.2) is 47.6 Å². The highest BCUT2D eigenvalue weighted by Crippen LogP contribution is 2.25. The van der Waals surface area contributed by atoms with E-state index in [2.05, 4.69) is 10.4 Å². The van der Waals surface area contributed by atoms with Crippen molar-refractivity contribution in [1.82, 2.24) is 10.2 Å². The molecular weight excluding hydrogens is 423 g/mol. The normalized spacial score (nSPS) is 17.1. The molecule has 172 valence electrons. The lowest BCUT2D eigenvalue weighted by atomic mass is 10.0. The first kappa shape index (κ1) is 22.6. The SMILES string of the molecule is Cc1ccc(C)c(N2N=C(C(=O)NC3CCN(C(=O)c4ccccc4F)CC3)CCC2=O)c1. The third-order valence-electron chi connectivity index (χ3n) is 6.11. The van der Waals surface area contributed by atoms with Gasteiger partial charge in [0.2, 0.25) is 5.91 Å². The summed E-state index contributed by atoms with van der Waals surface area (Å²) in [4.78, 5) is 39.6. The molecule has 7 nitrogen and oxygen atoms in total. The summed E-state index contributed by atoms with van der Waals surface area (Å²) in [5, 5.41) is 8.70. The van der Waals surface area contributed by atoms with Crippen molar-refractivity contribution in [2.45, 2.75) is 45.6 Å². The van der Waals surface area contributed by atoms with Crippen LogP contribution in [0, 0.1) is 19.7 Å². The second kappa shape index (κ2) is 9.52. The number of hydrogen-bond acceptors (Lipinski definition) is 4. The van der Waals surface area contributed by atoms with Gasteiger partial charge in [-0.3, -0.25) is 14.4 Å². The number of piperidine rings is 1. The van der Waals surface area contributed by atoms with Crippen molar-refractivity contribution in [3.8, 4) is 0 Å². The summed E-state index contributed by atoms with van der Waals surface area (Å²) in [6.45, 7) is 4.70. The van der Waals surface area contributed by atoms with E-state index in [4.69, 9.17) is 0 Å². The average molecular weight is 451 g/mol. The number of anilines is 1. The number of aryl methyl sites for hydroxylation is 2. The standard InChI is InChI=1S/C25H27FN4O3/c1-16-7-8-17(2)22(15-16)30-23(31)10-9-21(28-30)24(32)27-18-11-13-29(14-12-18)25(33)19-5-3-4-6-20(19)26/h3-8,15,18H,9-14H2,1-2H3,(H,27,32). The third-order valence-corrected chi connectivity index (χ3v) is 6.11. The molecule has 0 spiro atoms. The molecule has 0 aromatic heterocycles. The Morgan fingerprint density at radius 3 is 2.52 bits per heavy atom. The van der Waals surface area contributed by atoms with Gasteiger partial charge in [0.05, 0.1) is 11.3 Å². The Kier molecular flexibility index (Phi) is 6.53. The molecule has 1 saturated heterocycles. The van der Waals surface area contributed by atoms with Gasteiger partial charge in [-0.2, -0.15) is 5.10 Å². The second-order valence-corrected chi connectivity index (χ2v) is 8.56. The predicted molar refractivity (Wildman–Crippen MR) is 124 cm³/mol. The van der Waals surface area contributed by atoms with Crippen LogP contribution in [0.4, 0.5) is 10.1 Å². The van der Waals surface area contributed by atoms with Crippen LogP contribution in [0.25, 0.3) is 0 Å². The molecule has 2 aliphatic heterocycles. The lowest BCUT2D eigenvalue weighted by Crippen LogP contribution is -2.49. The van der Waals surface area contributed by atoms with Crippen molar-refractivity contribution >= 4 is 29.1 Å². The van der Waals surface area contributed by atoms with Gasteiger partial charge < -0.3 is 10.2 Å². The van der Waals surface area contributed by atoms with Gasteiger partial charge >= 0.3 is 0 Å². The number of hydrazone groups is 1. The van der Waals surface area contributed by atoms with Gasteiger partial charge in [-0.05, 0) is 56.0 Å². The third kappa shape index (κ3) is 4.94. The zero-order valence-corrected chi connectivity index (χ0v) is 18.8. The first-order valence-corrected chi connectivity index (χ1v) is 11.2. The van der Waals surface area contributed by atoms with Gasteiger partial charge in [-0.25, -0.2) is 9.40 Å². The highest BCUT2D eigenvalue weighted by atomic mass is 19.1.